The van der Waals surface area contributed by atoms with Crippen molar-refractivity contribution in [1.82, 2.24) is 4.72 Å². The lowest BCUT2D eigenvalue weighted by molar-refractivity contribution is -0.246. The van der Waals surface area contributed by atoms with Crippen LogP contribution < -0.4 is 4.72 Å². The first-order chi connectivity index (χ1) is 13.8. The number of hydrogen-bond acceptors (Lipinski definition) is 8. The fourth-order valence-corrected chi connectivity index (χ4v) is 5.16. The van der Waals surface area contributed by atoms with E-state index in [-0.39, 0.29) is 18.0 Å². The van der Waals surface area contributed by atoms with Crippen LogP contribution in [0.15, 0.2) is 29.2 Å². The normalized spacial score (nSPS) is 37.4. The first kappa shape index (κ1) is 22.1. The highest BCUT2D eigenvalue weighted by Gasteiger charge is 2.66. The maximum Gasteiger partial charge on any atom is 0.240 e. The number of nitrogens with one attached hydrogen (secondary N) is 1. The molecule has 30 heavy (non-hydrogen) atoms. The monoisotopic (exact) mass is 443 g/mol. The first-order valence-electron chi connectivity index (χ1n) is 9.93. The van der Waals surface area contributed by atoms with Crippen LogP contribution >= 0.6 is 0 Å². The molecule has 0 aliphatic carbocycles. The molecule has 9 nitrogen and oxygen atoms in total. The van der Waals surface area contributed by atoms with Gasteiger partial charge < -0.3 is 28.8 Å². The summed E-state index contributed by atoms with van der Waals surface area (Å²) in [5.41, 5.74) is -0.788. The average Bonchev–Trinajstić information content (AvgIpc) is 3.23. The van der Waals surface area contributed by atoms with E-state index in [4.69, 9.17) is 23.7 Å². The lowest BCUT2D eigenvalue weighted by atomic mass is 9.89. The Bertz CT molecular complexity index is 900. The van der Waals surface area contributed by atoms with Gasteiger partial charge in [0.15, 0.2) is 17.9 Å². The van der Waals surface area contributed by atoms with E-state index in [1.54, 1.807) is 39.8 Å². The topological polar surface area (TPSA) is 113 Å². The molecule has 1 aromatic rings. The molecule has 0 bridgehead atoms. The molecule has 0 saturated carbocycles. The summed E-state index contributed by atoms with van der Waals surface area (Å²) in [4.78, 5) is 0.106. The Hall–Kier alpha value is -1.11. The predicted molar refractivity (Wildman–Crippen MR) is 105 cm³/mol. The van der Waals surface area contributed by atoms with Crippen molar-refractivity contribution in [2.45, 2.75) is 81.3 Å². The number of ether oxygens (including phenoxy) is 5. The summed E-state index contributed by atoms with van der Waals surface area (Å²) >= 11 is 0. The summed E-state index contributed by atoms with van der Waals surface area (Å²) in [6.07, 6.45) is -3.28. The van der Waals surface area contributed by atoms with E-state index in [0.29, 0.717) is 0 Å². The molecule has 3 saturated heterocycles. The molecule has 168 valence electrons. The minimum Gasteiger partial charge on any atom is -0.383 e. The molecule has 1 unspecified atom stereocenters. The van der Waals surface area contributed by atoms with Crippen molar-refractivity contribution in [3.8, 4) is 0 Å². The van der Waals surface area contributed by atoms with E-state index in [1.165, 1.54) is 12.1 Å². The van der Waals surface area contributed by atoms with Gasteiger partial charge in [0.25, 0.3) is 0 Å². The zero-order valence-corrected chi connectivity index (χ0v) is 18.6. The predicted octanol–water partition coefficient (Wildman–Crippen LogP) is 1.03. The zero-order valence-electron chi connectivity index (χ0n) is 17.7. The molecule has 0 aromatic heterocycles. The van der Waals surface area contributed by atoms with Crippen LogP contribution in [0.5, 0.6) is 0 Å². The summed E-state index contributed by atoms with van der Waals surface area (Å²) in [6, 6.07) is 6.45. The minimum atomic E-state index is -3.86. The molecule has 3 aliphatic rings. The Morgan fingerprint density at radius 1 is 1.03 bits per heavy atom. The van der Waals surface area contributed by atoms with Crippen LogP contribution in [0.4, 0.5) is 0 Å². The van der Waals surface area contributed by atoms with E-state index in [9.17, 15) is 13.5 Å². The molecular weight excluding hydrogens is 414 g/mol. The van der Waals surface area contributed by atoms with Gasteiger partial charge in [-0.3, -0.25) is 0 Å². The molecule has 3 fully saturated rings. The maximum atomic E-state index is 12.8. The van der Waals surface area contributed by atoms with Gasteiger partial charge in [0.05, 0.1) is 11.5 Å². The van der Waals surface area contributed by atoms with Crippen molar-refractivity contribution in [3.05, 3.63) is 29.8 Å². The Balaban J connectivity index is 1.58. The first-order valence-corrected chi connectivity index (χ1v) is 11.4. The second-order valence-corrected chi connectivity index (χ2v) is 10.7. The Morgan fingerprint density at radius 2 is 1.70 bits per heavy atom. The molecule has 3 aliphatic heterocycles. The Morgan fingerprint density at radius 3 is 2.30 bits per heavy atom. The molecule has 0 amide bonds. The summed E-state index contributed by atoms with van der Waals surface area (Å²) < 4.78 is 57.2. The highest BCUT2D eigenvalue weighted by atomic mass is 32.2. The van der Waals surface area contributed by atoms with Gasteiger partial charge in [0, 0.05) is 6.54 Å². The van der Waals surface area contributed by atoms with Crippen molar-refractivity contribution >= 4 is 10.0 Å². The molecular formula is C20H29NO8S. The third-order valence-corrected chi connectivity index (χ3v) is 6.99. The van der Waals surface area contributed by atoms with Gasteiger partial charge in [-0.25, -0.2) is 13.1 Å². The number of sulfonamides is 1. The van der Waals surface area contributed by atoms with Gasteiger partial charge in [-0.05, 0) is 46.8 Å². The number of hydrogen-bond donors (Lipinski definition) is 2. The molecule has 2 N–H and O–H groups in total. The van der Waals surface area contributed by atoms with Crippen molar-refractivity contribution in [2.75, 3.05) is 13.2 Å². The third kappa shape index (κ3) is 4.03. The summed E-state index contributed by atoms with van der Waals surface area (Å²) in [5.74, 6) is -1.81. The summed E-state index contributed by atoms with van der Waals surface area (Å²) in [7, 11) is -3.86. The number of aryl methyl sites for hydroxylation is 1. The van der Waals surface area contributed by atoms with Gasteiger partial charge in [0.2, 0.25) is 10.0 Å². The fraction of sp³-hybridized carbons (Fsp3) is 0.700. The second-order valence-electron chi connectivity index (χ2n) is 8.98. The van der Waals surface area contributed by atoms with Crippen LogP contribution in [0.2, 0.25) is 0 Å². The smallest absolute Gasteiger partial charge is 0.240 e. The van der Waals surface area contributed by atoms with Crippen LogP contribution in [0.1, 0.15) is 33.3 Å². The highest BCUT2D eigenvalue weighted by molar-refractivity contribution is 7.89. The van der Waals surface area contributed by atoms with Crippen LogP contribution in [-0.2, 0) is 33.7 Å². The lowest BCUT2D eigenvalue weighted by Crippen LogP contribution is -2.59. The molecule has 10 heteroatoms. The van der Waals surface area contributed by atoms with Gasteiger partial charge in [0.1, 0.15) is 23.9 Å². The number of aliphatic hydroxyl groups is 1. The summed E-state index contributed by atoms with van der Waals surface area (Å²) in [6.45, 7) is 8.66. The molecule has 3 heterocycles. The lowest BCUT2D eigenvalue weighted by Gasteiger charge is -2.36. The van der Waals surface area contributed by atoms with E-state index in [2.05, 4.69) is 4.72 Å². The van der Waals surface area contributed by atoms with Crippen LogP contribution in [-0.4, -0.2) is 68.5 Å². The van der Waals surface area contributed by atoms with E-state index >= 15 is 0 Å². The van der Waals surface area contributed by atoms with Crippen molar-refractivity contribution < 1.29 is 37.2 Å². The fourth-order valence-electron chi connectivity index (χ4n) is 4.08. The number of benzene rings is 1. The third-order valence-electron chi connectivity index (χ3n) is 5.57. The van der Waals surface area contributed by atoms with Gasteiger partial charge in [-0.1, -0.05) is 17.7 Å². The Kier molecular flexibility index (Phi) is 5.31. The van der Waals surface area contributed by atoms with Crippen LogP contribution in [0, 0.1) is 6.92 Å². The van der Waals surface area contributed by atoms with Gasteiger partial charge >= 0.3 is 0 Å². The number of fused-ring (bicyclic) bond motifs is 1. The molecule has 0 radical (unpaired) electrons. The minimum absolute atomic E-state index is 0.106. The molecule has 0 spiro atoms. The van der Waals surface area contributed by atoms with Crippen molar-refractivity contribution in [2.24, 2.45) is 0 Å². The SMILES string of the molecule is Cc1ccc(S(=O)(=O)NC[C@]2(O)[C@@H](C3COC(C)(C)O3)O[C@@H]3OC(C)(C)O[C@@H]32)cc1. The van der Waals surface area contributed by atoms with E-state index < -0.39 is 51.8 Å². The standard InChI is InChI=1S/C20H29NO8S/c1-12-6-8-13(9-7-12)30(23,24)21-11-20(22)15(14-10-25-18(2,3)27-14)26-17-16(20)28-19(4,5)29-17/h6-9,14-17,21-22H,10-11H2,1-5H3/t14?,15-,16+,17-,20+/m1/s1. The highest BCUT2D eigenvalue weighted by Crippen LogP contribution is 2.45. The van der Waals surface area contributed by atoms with E-state index in [0.717, 1.165) is 5.56 Å². The molecule has 4 rings (SSSR count). The van der Waals surface area contributed by atoms with Crippen molar-refractivity contribution in [3.63, 3.8) is 0 Å². The second kappa shape index (κ2) is 7.21. The zero-order chi connectivity index (χ0) is 21.9. The molecule has 5 atom stereocenters. The van der Waals surface area contributed by atoms with E-state index in [1.807, 2.05) is 6.92 Å². The maximum absolute atomic E-state index is 12.8. The van der Waals surface area contributed by atoms with Crippen LogP contribution in [0.25, 0.3) is 0 Å². The van der Waals surface area contributed by atoms with Crippen molar-refractivity contribution in [1.29, 1.82) is 0 Å². The average molecular weight is 444 g/mol. The number of rotatable bonds is 5. The molecule has 1 aromatic carbocycles. The van der Waals surface area contributed by atoms with Gasteiger partial charge in [-0.15, -0.1) is 0 Å². The summed E-state index contributed by atoms with van der Waals surface area (Å²) in [5, 5.41) is 11.6. The largest absolute Gasteiger partial charge is 0.383 e. The van der Waals surface area contributed by atoms with Crippen LogP contribution in [0.3, 0.4) is 0 Å². The van der Waals surface area contributed by atoms with Gasteiger partial charge in [-0.2, -0.15) is 0 Å². The Labute approximate surface area is 176 Å². The quantitative estimate of drug-likeness (QED) is 0.694.